The van der Waals surface area contributed by atoms with E-state index in [0.29, 0.717) is 28.8 Å². The smallest absolute Gasteiger partial charge is 0.263 e. The number of ether oxygens (including phenoxy) is 2. The molecule has 0 saturated heterocycles. The second-order valence-electron chi connectivity index (χ2n) is 5.22. The van der Waals surface area contributed by atoms with E-state index in [1.165, 1.54) is 14.2 Å². The van der Waals surface area contributed by atoms with Gasteiger partial charge in [-0.1, -0.05) is 6.07 Å². The fourth-order valence-electron chi connectivity index (χ4n) is 2.12. The van der Waals surface area contributed by atoms with Crippen LogP contribution < -0.4 is 20.1 Å². The Morgan fingerprint density at radius 3 is 2.22 bits per heavy atom. The normalized spacial score (nSPS) is 10.3. The number of carbonyl (C=O) groups excluding carboxylic acids is 1. The van der Waals surface area contributed by atoms with Crippen molar-refractivity contribution in [1.29, 1.82) is 0 Å². The van der Waals surface area contributed by atoms with Crippen molar-refractivity contribution in [2.75, 3.05) is 24.9 Å². The standard InChI is InChI=1S/C17H21N3O3/c1-11(2)19-15-9-8-12(10-18-15)20-17(21)16-13(22-3)6-5-7-14(16)23-4/h5-11H,1-4H3,(H,18,19)(H,20,21). The highest BCUT2D eigenvalue weighted by Gasteiger charge is 2.18. The number of benzene rings is 1. The zero-order valence-electron chi connectivity index (χ0n) is 13.7. The monoisotopic (exact) mass is 315 g/mol. The van der Waals surface area contributed by atoms with Crippen molar-refractivity contribution in [3.63, 3.8) is 0 Å². The van der Waals surface area contributed by atoms with Crippen molar-refractivity contribution < 1.29 is 14.3 Å². The summed E-state index contributed by atoms with van der Waals surface area (Å²) >= 11 is 0. The highest BCUT2D eigenvalue weighted by atomic mass is 16.5. The number of rotatable bonds is 6. The van der Waals surface area contributed by atoms with Crippen LogP contribution >= 0.6 is 0 Å². The van der Waals surface area contributed by atoms with Gasteiger partial charge in [0.2, 0.25) is 0 Å². The molecule has 0 radical (unpaired) electrons. The number of hydrogen-bond acceptors (Lipinski definition) is 5. The Labute approximate surface area is 135 Å². The van der Waals surface area contributed by atoms with Crippen LogP contribution in [0.5, 0.6) is 11.5 Å². The molecule has 23 heavy (non-hydrogen) atoms. The Morgan fingerprint density at radius 2 is 1.74 bits per heavy atom. The van der Waals surface area contributed by atoms with Gasteiger partial charge in [0.05, 0.1) is 26.1 Å². The number of methoxy groups -OCH3 is 2. The van der Waals surface area contributed by atoms with E-state index in [0.717, 1.165) is 5.82 Å². The van der Waals surface area contributed by atoms with E-state index < -0.39 is 0 Å². The molecule has 2 rings (SSSR count). The third-order valence-electron chi connectivity index (χ3n) is 3.11. The van der Waals surface area contributed by atoms with Gasteiger partial charge in [0, 0.05) is 6.04 Å². The molecule has 1 amide bonds. The highest BCUT2D eigenvalue weighted by molar-refractivity contribution is 6.08. The molecule has 0 aliphatic rings. The first-order valence-electron chi connectivity index (χ1n) is 7.30. The maximum atomic E-state index is 12.5. The van der Waals surface area contributed by atoms with Crippen LogP contribution in [-0.4, -0.2) is 31.2 Å². The summed E-state index contributed by atoms with van der Waals surface area (Å²) in [6.45, 7) is 4.07. The van der Waals surface area contributed by atoms with Gasteiger partial charge in [0.15, 0.2) is 0 Å². The minimum absolute atomic E-state index is 0.292. The molecule has 1 aromatic heterocycles. The molecule has 6 heteroatoms. The van der Waals surface area contributed by atoms with Crippen molar-refractivity contribution in [3.8, 4) is 11.5 Å². The molecule has 0 aliphatic heterocycles. The average Bonchev–Trinajstić information content (AvgIpc) is 2.55. The molecule has 0 atom stereocenters. The van der Waals surface area contributed by atoms with Gasteiger partial charge in [-0.15, -0.1) is 0 Å². The second-order valence-corrected chi connectivity index (χ2v) is 5.22. The van der Waals surface area contributed by atoms with Gasteiger partial charge in [-0.25, -0.2) is 4.98 Å². The molecule has 6 nitrogen and oxygen atoms in total. The van der Waals surface area contributed by atoms with E-state index in [-0.39, 0.29) is 5.91 Å². The van der Waals surface area contributed by atoms with Gasteiger partial charge in [-0.2, -0.15) is 0 Å². The van der Waals surface area contributed by atoms with Crippen LogP contribution in [0, 0.1) is 0 Å². The number of carbonyl (C=O) groups is 1. The Kier molecular flexibility index (Phi) is 5.41. The third kappa shape index (κ3) is 4.12. The van der Waals surface area contributed by atoms with Crippen LogP contribution in [0.2, 0.25) is 0 Å². The quantitative estimate of drug-likeness (QED) is 0.856. The van der Waals surface area contributed by atoms with Crippen LogP contribution in [0.15, 0.2) is 36.5 Å². The first-order valence-corrected chi connectivity index (χ1v) is 7.30. The highest BCUT2D eigenvalue weighted by Crippen LogP contribution is 2.29. The summed E-state index contributed by atoms with van der Waals surface area (Å²) in [5, 5.41) is 5.99. The largest absolute Gasteiger partial charge is 0.496 e. The lowest BCUT2D eigenvalue weighted by atomic mass is 10.1. The van der Waals surface area contributed by atoms with E-state index in [2.05, 4.69) is 15.6 Å². The molecule has 0 aliphatic carbocycles. The Morgan fingerprint density at radius 1 is 1.09 bits per heavy atom. The lowest BCUT2D eigenvalue weighted by Gasteiger charge is -2.13. The molecule has 1 heterocycles. The minimum Gasteiger partial charge on any atom is -0.496 e. The molecule has 0 unspecified atom stereocenters. The summed E-state index contributed by atoms with van der Waals surface area (Å²) in [5.41, 5.74) is 0.944. The Hall–Kier alpha value is -2.76. The predicted octanol–water partition coefficient (Wildman–Crippen LogP) is 3.17. The number of nitrogens with zero attached hydrogens (tertiary/aromatic N) is 1. The number of anilines is 2. The molecule has 0 saturated carbocycles. The number of nitrogens with one attached hydrogen (secondary N) is 2. The number of amides is 1. The van der Waals surface area contributed by atoms with Crippen molar-refractivity contribution in [2.24, 2.45) is 0 Å². The topological polar surface area (TPSA) is 72.5 Å². The number of pyridine rings is 1. The molecule has 0 fully saturated rings. The average molecular weight is 315 g/mol. The van der Waals surface area contributed by atoms with Gasteiger partial charge >= 0.3 is 0 Å². The van der Waals surface area contributed by atoms with Crippen molar-refractivity contribution in [1.82, 2.24) is 4.98 Å². The fourth-order valence-corrected chi connectivity index (χ4v) is 2.12. The first kappa shape index (κ1) is 16.6. The van der Waals surface area contributed by atoms with E-state index in [1.54, 1.807) is 30.5 Å². The minimum atomic E-state index is -0.314. The Bertz CT molecular complexity index is 647. The maximum absolute atomic E-state index is 12.5. The maximum Gasteiger partial charge on any atom is 0.263 e. The summed E-state index contributed by atoms with van der Waals surface area (Å²) in [6, 6.07) is 9.09. The van der Waals surface area contributed by atoms with Crippen LogP contribution in [-0.2, 0) is 0 Å². The lowest BCUT2D eigenvalue weighted by Crippen LogP contribution is -2.15. The van der Waals surface area contributed by atoms with Gasteiger partial charge < -0.3 is 20.1 Å². The molecule has 2 N–H and O–H groups in total. The van der Waals surface area contributed by atoms with Crippen molar-refractivity contribution in [2.45, 2.75) is 19.9 Å². The molecule has 1 aromatic carbocycles. The number of hydrogen-bond donors (Lipinski definition) is 2. The summed E-state index contributed by atoms with van der Waals surface area (Å²) < 4.78 is 10.5. The van der Waals surface area contributed by atoms with Gasteiger partial charge in [-0.3, -0.25) is 4.79 Å². The fraction of sp³-hybridized carbons (Fsp3) is 0.294. The van der Waals surface area contributed by atoms with Gasteiger partial charge in [-0.05, 0) is 38.1 Å². The van der Waals surface area contributed by atoms with E-state index >= 15 is 0 Å². The van der Waals surface area contributed by atoms with Crippen LogP contribution in [0.1, 0.15) is 24.2 Å². The summed E-state index contributed by atoms with van der Waals surface area (Å²) in [4.78, 5) is 16.8. The molecular weight excluding hydrogens is 294 g/mol. The zero-order chi connectivity index (χ0) is 16.8. The first-order chi connectivity index (χ1) is 11.0. The molecular formula is C17H21N3O3. The molecule has 0 spiro atoms. The van der Waals surface area contributed by atoms with Crippen molar-refractivity contribution in [3.05, 3.63) is 42.1 Å². The van der Waals surface area contributed by atoms with Gasteiger partial charge in [0.25, 0.3) is 5.91 Å². The van der Waals surface area contributed by atoms with E-state index in [9.17, 15) is 4.79 Å². The second kappa shape index (κ2) is 7.49. The van der Waals surface area contributed by atoms with Crippen LogP contribution in [0.3, 0.4) is 0 Å². The van der Waals surface area contributed by atoms with Crippen LogP contribution in [0.4, 0.5) is 11.5 Å². The summed E-state index contributed by atoms with van der Waals surface area (Å²) in [5.74, 6) is 1.35. The summed E-state index contributed by atoms with van der Waals surface area (Å²) in [6.07, 6.45) is 1.60. The SMILES string of the molecule is COc1cccc(OC)c1C(=O)Nc1ccc(NC(C)C)nc1. The van der Waals surface area contributed by atoms with Crippen LogP contribution in [0.25, 0.3) is 0 Å². The molecule has 122 valence electrons. The van der Waals surface area contributed by atoms with Crippen molar-refractivity contribution >= 4 is 17.4 Å². The third-order valence-corrected chi connectivity index (χ3v) is 3.11. The molecule has 0 bridgehead atoms. The zero-order valence-corrected chi connectivity index (χ0v) is 13.7. The molecule has 2 aromatic rings. The Balaban J connectivity index is 2.19. The van der Waals surface area contributed by atoms with Gasteiger partial charge in [0.1, 0.15) is 22.9 Å². The predicted molar refractivity (Wildman–Crippen MR) is 90.5 cm³/mol. The summed E-state index contributed by atoms with van der Waals surface area (Å²) in [7, 11) is 3.03. The van der Waals surface area contributed by atoms with E-state index in [1.807, 2.05) is 19.9 Å². The lowest BCUT2D eigenvalue weighted by molar-refractivity contribution is 0.102. The number of aromatic nitrogens is 1. The van der Waals surface area contributed by atoms with E-state index in [4.69, 9.17) is 9.47 Å².